The number of piperidine rings is 2. The molecule has 39 heavy (non-hydrogen) atoms. The number of hydrogen-bond donors (Lipinski definition) is 5. The molecule has 0 spiro atoms. The van der Waals surface area contributed by atoms with E-state index in [2.05, 4.69) is 26.9 Å². The first-order valence-corrected chi connectivity index (χ1v) is 14.3. The molecule has 0 unspecified atom stereocenters. The van der Waals surface area contributed by atoms with Gasteiger partial charge in [0.15, 0.2) is 0 Å². The Labute approximate surface area is 230 Å². The van der Waals surface area contributed by atoms with Crippen molar-refractivity contribution in [1.82, 2.24) is 15.5 Å². The lowest BCUT2D eigenvalue weighted by Crippen LogP contribution is -2.49. The molecule has 0 bridgehead atoms. The van der Waals surface area contributed by atoms with Gasteiger partial charge in [-0.15, -0.1) is 0 Å². The van der Waals surface area contributed by atoms with Gasteiger partial charge >= 0.3 is 0 Å². The number of phenolic OH excluding ortho intramolecular Hbond substituents is 1. The van der Waals surface area contributed by atoms with Crippen LogP contribution in [0.15, 0.2) is 36.4 Å². The summed E-state index contributed by atoms with van der Waals surface area (Å²) in [5.41, 5.74) is 4.66. The summed E-state index contributed by atoms with van der Waals surface area (Å²) < 4.78 is 0. The molecule has 5 rings (SSSR count). The summed E-state index contributed by atoms with van der Waals surface area (Å²) in [6.07, 6.45) is 5.16. The Kier molecular flexibility index (Phi) is 8.57. The van der Waals surface area contributed by atoms with E-state index in [1.165, 1.54) is 6.42 Å². The van der Waals surface area contributed by atoms with Crippen LogP contribution in [0.1, 0.15) is 60.5 Å². The summed E-state index contributed by atoms with van der Waals surface area (Å²) in [6.45, 7) is 5.77. The van der Waals surface area contributed by atoms with Crippen LogP contribution >= 0.6 is 0 Å². The molecule has 0 aliphatic carbocycles. The number of rotatable bonds is 7. The summed E-state index contributed by atoms with van der Waals surface area (Å²) in [5.74, 6) is 0.154. The van der Waals surface area contributed by atoms with Crippen molar-refractivity contribution in [2.75, 3.05) is 42.9 Å². The number of aliphatic hydroxyl groups excluding tert-OH is 1. The lowest BCUT2D eigenvalue weighted by molar-refractivity contribution is -0.129. The van der Waals surface area contributed by atoms with E-state index >= 15 is 0 Å². The Morgan fingerprint density at radius 2 is 1.79 bits per heavy atom. The van der Waals surface area contributed by atoms with E-state index in [1.54, 1.807) is 19.1 Å². The van der Waals surface area contributed by atoms with Crippen LogP contribution in [0, 0.1) is 0 Å². The first-order valence-electron chi connectivity index (χ1n) is 14.3. The molecule has 2 atom stereocenters. The Hall–Kier alpha value is -3.30. The fraction of sp³-hybridized carbons (Fsp3) is 0.533. The fourth-order valence-electron chi connectivity index (χ4n) is 5.97. The van der Waals surface area contributed by atoms with E-state index in [0.29, 0.717) is 18.5 Å². The second kappa shape index (κ2) is 12.3. The van der Waals surface area contributed by atoms with Gasteiger partial charge in [-0.25, -0.2) is 0 Å². The number of amides is 2. The molecule has 3 aliphatic heterocycles. The standard InChI is InChI=1S/C30H41N5O4/c1-20(36)34-11-7-24(8-12-34)33-25-13-22(14-26(17-25)35-9-3-2-4-10-35)30(39)32-19-29(38)28-16-21-5-6-27(37)15-23(21)18-31-28/h5-6,13-15,17,24,28-29,31,33,37-38H,2-4,7-12,16,18-19H2,1H3,(H,32,39)/t28-,29+/m0/s1. The van der Waals surface area contributed by atoms with Crippen LogP contribution in [0.2, 0.25) is 0 Å². The summed E-state index contributed by atoms with van der Waals surface area (Å²) in [6, 6.07) is 11.4. The Balaban J connectivity index is 1.24. The SMILES string of the molecule is CC(=O)N1CCC(Nc2cc(C(=O)NC[C@@H](O)[C@@H]3Cc4ccc(O)cc4CN3)cc(N3CCCCC3)c2)CC1. The zero-order chi connectivity index (χ0) is 27.4. The number of benzene rings is 2. The number of aliphatic hydroxyl groups is 1. The topological polar surface area (TPSA) is 117 Å². The predicted molar refractivity (Wildman–Crippen MR) is 152 cm³/mol. The fourth-order valence-corrected chi connectivity index (χ4v) is 5.97. The van der Waals surface area contributed by atoms with Gasteiger partial charge in [0.2, 0.25) is 5.91 Å². The summed E-state index contributed by atoms with van der Waals surface area (Å²) in [5, 5.41) is 30.5. The highest BCUT2D eigenvalue weighted by molar-refractivity contribution is 5.96. The van der Waals surface area contributed by atoms with Crippen molar-refractivity contribution in [2.24, 2.45) is 0 Å². The molecule has 9 heteroatoms. The van der Waals surface area contributed by atoms with Gasteiger partial charge in [0.1, 0.15) is 5.75 Å². The second-order valence-corrected chi connectivity index (χ2v) is 11.2. The predicted octanol–water partition coefficient (Wildman–Crippen LogP) is 2.61. The number of anilines is 2. The molecule has 0 saturated carbocycles. The van der Waals surface area contributed by atoms with E-state index in [-0.39, 0.29) is 36.2 Å². The quantitative estimate of drug-likeness (QED) is 0.370. The minimum Gasteiger partial charge on any atom is -0.508 e. The molecule has 2 aromatic rings. The van der Waals surface area contributed by atoms with Gasteiger partial charge < -0.3 is 36.0 Å². The van der Waals surface area contributed by atoms with E-state index < -0.39 is 6.10 Å². The molecule has 3 heterocycles. The van der Waals surface area contributed by atoms with Gasteiger partial charge in [-0.1, -0.05) is 6.07 Å². The van der Waals surface area contributed by atoms with Crippen molar-refractivity contribution in [3.8, 4) is 5.75 Å². The van der Waals surface area contributed by atoms with Gasteiger partial charge in [-0.3, -0.25) is 9.59 Å². The number of carbonyl (C=O) groups excluding carboxylic acids is 2. The highest BCUT2D eigenvalue weighted by Gasteiger charge is 2.26. The lowest BCUT2D eigenvalue weighted by atomic mass is 9.92. The molecule has 2 fully saturated rings. The number of carbonyl (C=O) groups is 2. The molecule has 9 nitrogen and oxygen atoms in total. The molecule has 0 aromatic heterocycles. The number of aromatic hydroxyl groups is 1. The van der Waals surface area contributed by atoms with E-state index in [9.17, 15) is 19.8 Å². The first-order chi connectivity index (χ1) is 18.9. The number of fused-ring (bicyclic) bond motifs is 1. The number of nitrogens with one attached hydrogen (secondary N) is 3. The lowest BCUT2D eigenvalue weighted by Gasteiger charge is -2.33. The summed E-state index contributed by atoms with van der Waals surface area (Å²) >= 11 is 0. The van der Waals surface area contributed by atoms with Crippen molar-refractivity contribution >= 4 is 23.2 Å². The molecule has 2 saturated heterocycles. The maximum Gasteiger partial charge on any atom is 0.251 e. The van der Waals surface area contributed by atoms with Gasteiger partial charge in [0, 0.05) is 75.2 Å². The van der Waals surface area contributed by atoms with E-state index in [1.807, 2.05) is 23.1 Å². The van der Waals surface area contributed by atoms with Gasteiger partial charge in [0.05, 0.1) is 6.10 Å². The largest absolute Gasteiger partial charge is 0.508 e. The van der Waals surface area contributed by atoms with Crippen molar-refractivity contribution < 1.29 is 19.8 Å². The van der Waals surface area contributed by atoms with Crippen molar-refractivity contribution in [1.29, 1.82) is 0 Å². The number of phenols is 1. The monoisotopic (exact) mass is 535 g/mol. The maximum atomic E-state index is 13.3. The number of hydrogen-bond acceptors (Lipinski definition) is 7. The summed E-state index contributed by atoms with van der Waals surface area (Å²) in [7, 11) is 0. The van der Waals surface area contributed by atoms with Crippen LogP contribution in [-0.4, -0.2) is 77.8 Å². The Morgan fingerprint density at radius 1 is 1.03 bits per heavy atom. The third kappa shape index (κ3) is 6.83. The number of likely N-dealkylation sites (tertiary alicyclic amines) is 1. The Bertz CT molecular complexity index is 1170. The molecule has 2 aromatic carbocycles. The third-order valence-corrected chi connectivity index (χ3v) is 8.33. The van der Waals surface area contributed by atoms with E-state index in [0.717, 1.165) is 74.4 Å². The maximum absolute atomic E-state index is 13.3. The zero-order valence-corrected chi connectivity index (χ0v) is 22.8. The third-order valence-electron chi connectivity index (χ3n) is 8.33. The number of nitrogens with zero attached hydrogens (tertiary/aromatic N) is 2. The molecular weight excluding hydrogens is 494 g/mol. The summed E-state index contributed by atoms with van der Waals surface area (Å²) in [4.78, 5) is 29.2. The normalized spacial score (nSPS) is 20.7. The smallest absolute Gasteiger partial charge is 0.251 e. The van der Waals surface area contributed by atoms with E-state index in [4.69, 9.17) is 0 Å². The van der Waals surface area contributed by atoms with Gasteiger partial charge in [-0.05, 0) is 80.0 Å². The van der Waals surface area contributed by atoms with Gasteiger partial charge in [-0.2, -0.15) is 0 Å². The zero-order valence-electron chi connectivity index (χ0n) is 22.8. The molecule has 210 valence electrons. The molecular formula is C30H41N5O4. The first kappa shape index (κ1) is 27.3. The van der Waals surface area contributed by atoms with Crippen molar-refractivity contribution in [2.45, 2.75) is 70.2 Å². The van der Waals surface area contributed by atoms with Crippen LogP contribution in [0.3, 0.4) is 0 Å². The molecule has 3 aliphatic rings. The minimum atomic E-state index is -0.745. The second-order valence-electron chi connectivity index (χ2n) is 11.2. The van der Waals surface area contributed by atoms with Crippen molar-refractivity contribution in [3.63, 3.8) is 0 Å². The van der Waals surface area contributed by atoms with Crippen LogP contribution in [0.4, 0.5) is 11.4 Å². The van der Waals surface area contributed by atoms with Crippen molar-refractivity contribution in [3.05, 3.63) is 53.1 Å². The van der Waals surface area contributed by atoms with Crippen LogP contribution in [0.25, 0.3) is 0 Å². The molecule has 0 radical (unpaired) electrons. The molecule has 2 amide bonds. The van der Waals surface area contributed by atoms with Crippen LogP contribution in [0.5, 0.6) is 5.75 Å². The highest BCUT2D eigenvalue weighted by Crippen LogP contribution is 2.28. The average molecular weight is 536 g/mol. The van der Waals surface area contributed by atoms with Crippen LogP contribution in [-0.2, 0) is 17.8 Å². The average Bonchev–Trinajstić information content (AvgIpc) is 2.96. The molecule has 5 N–H and O–H groups in total. The Morgan fingerprint density at radius 3 is 2.54 bits per heavy atom. The van der Waals surface area contributed by atoms with Crippen LogP contribution < -0.4 is 20.9 Å². The minimum absolute atomic E-state index is 0.119. The van der Waals surface area contributed by atoms with Gasteiger partial charge in [0.25, 0.3) is 5.91 Å². The highest BCUT2D eigenvalue weighted by atomic mass is 16.3.